The summed E-state index contributed by atoms with van der Waals surface area (Å²) in [6.45, 7) is 1.61. The van der Waals surface area contributed by atoms with Crippen LogP contribution in [0.5, 0.6) is 11.5 Å². The highest BCUT2D eigenvalue weighted by Gasteiger charge is 2.41. The zero-order chi connectivity index (χ0) is 15.7. The molecule has 1 aliphatic carbocycles. The molecule has 1 aromatic rings. The fourth-order valence-electron chi connectivity index (χ4n) is 4.00. The SMILES string of the molecule is O=C(N[C@H]1COC2(CCCCC2)C1)c1cccc2c1OCCO2. The third kappa shape index (κ3) is 2.90. The van der Waals surface area contributed by atoms with Crippen molar-refractivity contribution in [2.24, 2.45) is 0 Å². The normalized spacial score (nSPS) is 25.3. The summed E-state index contributed by atoms with van der Waals surface area (Å²) in [5.74, 6) is 1.10. The maximum atomic E-state index is 12.6. The molecule has 0 unspecified atom stereocenters. The van der Waals surface area contributed by atoms with Gasteiger partial charge in [0.2, 0.25) is 0 Å². The van der Waals surface area contributed by atoms with Crippen molar-refractivity contribution in [1.82, 2.24) is 5.32 Å². The molecule has 1 atom stereocenters. The molecule has 1 aromatic carbocycles. The van der Waals surface area contributed by atoms with Crippen molar-refractivity contribution >= 4 is 5.91 Å². The van der Waals surface area contributed by atoms with E-state index in [9.17, 15) is 4.79 Å². The Bertz CT molecular complexity index is 595. The summed E-state index contributed by atoms with van der Waals surface area (Å²) < 4.78 is 17.3. The van der Waals surface area contributed by atoms with Gasteiger partial charge in [-0.2, -0.15) is 0 Å². The lowest BCUT2D eigenvalue weighted by molar-refractivity contribution is -0.0246. The number of benzene rings is 1. The minimum Gasteiger partial charge on any atom is -0.486 e. The van der Waals surface area contributed by atoms with Gasteiger partial charge in [-0.15, -0.1) is 0 Å². The van der Waals surface area contributed by atoms with E-state index in [1.54, 1.807) is 6.07 Å². The molecule has 0 aromatic heterocycles. The number of amides is 1. The summed E-state index contributed by atoms with van der Waals surface area (Å²) in [7, 11) is 0. The van der Waals surface area contributed by atoms with Gasteiger partial charge in [0.25, 0.3) is 5.91 Å². The van der Waals surface area contributed by atoms with E-state index < -0.39 is 0 Å². The first-order valence-electron chi connectivity index (χ1n) is 8.59. The lowest BCUT2D eigenvalue weighted by atomic mass is 9.82. The van der Waals surface area contributed by atoms with Gasteiger partial charge in [-0.3, -0.25) is 4.79 Å². The topological polar surface area (TPSA) is 56.8 Å². The molecule has 1 N–H and O–H groups in total. The molecule has 1 spiro atoms. The summed E-state index contributed by atoms with van der Waals surface area (Å²) in [6.07, 6.45) is 6.94. The van der Waals surface area contributed by atoms with E-state index in [0.717, 1.165) is 19.3 Å². The molecule has 0 radical (unpaired) electrons. The number of carbonyl (C=O) groups excluding carboxylic acids is 1. The number of carbonyl (C=O) groups is 1. The first-order chi connectivity index (χ1) is 11.3. The maximum Gasteiger partial charge on any atom is 0.255 e. The minimum absolute atomic E-state index is 0.00588. The highest BCUT2D eigenvalue weighted by molar-refractivity contribution is 5.98. The largest absolute Gasteiger partial charge is 0.486 e. The van der Waals surface area contributed by atoms with Gasteiger partial charge in [-0.05, 0) is 31.4 Å². The van der Waals surface area contributed by atoms with E-state index in [0.29, 0.717) is 36.9 Å². The van der Waals surface area contributed by atoms with E-state index in [2.05, 4.69) is 5.32 Å². The molecule has 3 aliphatic rings. The first-order valence-corrected chi connectivity index (χ1v) is 8.59. The average molecular weight is 317 g/mol. The van der Waals surface area contributed by atoms with Crippen LogP contribution in [0.15, 0.2) is 18.2 Å². The second-order valence-corrected chi connectivity index (χ2v) is 6.76. The molecule has 0 bridgehead atoms. The number of hydrogen-bond donors (Lipinski definition) is 1. The van der Waals surface area contributed by atoms with Crippen LogP contribution in [0.4, 0.5) is 0 Å². The van der Waals surface area contributed by atoms with Gasteiger partial charge in [-0.1, -0.05) is 25.3 Å². The zero-order valence-corrected chi connectivity index (χ0v) is 13.3. The number of hydrogen-bond acceptors (Lipinski definition) is 4. The van der Waals surface area contributed by atoms with Gasteiger partial charge < -0.3 is 19.5 Å². The summed E-state index contributed by atoms with van der Waals surface area (Å²) in [6, 6.07) is 5.53. The number of rotatable bonds is 2. The Morgan fingerprint density at radius 2 is 1.96 bits per heavy atom. The Hall–Kier alpha value is -1.75. The Kier molecular flexibility index (Phi) is 3.89. The molecule has 23 heavy (non-hydrogen) atoms. The Balaban J connectivity index is 1.45. The molecule has 4 rings (SSSR count). The molecular formula is C18H23NO4. The molecule has 1 amide bonds. The first kappa shape index (κ1) is 14.8. The van der Waals surface area contributed by atoms with E-state index in [-0.39, 0.29) is 17.6 Å². The van der Waals surface area contributed by atoms with Crippen LogP contribution in [0.2, 0.25) is 0 Å². The molecule has 124 valence electrons. The van der Waals surface area contributed by atoms with Crippen LogP contribution in [-0.4, -0.2) is 37.4 Å². The number of para-hydroxylation sites is 1. The predicted octanol–water partition coefficient (Wildman–Crippen LogP) is 2.68. The van der Waals surface area contributed by atoms with Crippen molar-refractivity contribution in [3.63, 3.8) is 0 Å². The van der Waals surface area contributed by atoms with Crippen LogP contribution >= 0.6 is 0 Å². The van der Waals surface area contributed by atoms with Gasteiger partial charge in [0.05, 0.1) is 23.8 Å². The number of ether oxygens (including phenoxy) is 3. The van der Waals surface area contributed by atoms with Crippen molar-refractivity contribution in [3.8, 4) is 11.5 Å². The van der Waals surface area contributed by atoms with Crippen molar-refractivity contribution < 1.29 is 19.0 Å². The minimum atomic E-state index is -0.103. The second-order valence-electron chi connectivity index (χ2n) is 6.76. The van der Waals surface area contributed by atoms with E-state index in [4.69, 9.17) is 14.2 Å². The third-order valence-electron chi connectivity index (χ3n) is 5.12. The predicted molar refractivity (Wildman–Crippen MR) is 85.1 cm³/mol. The number of fused-ring (bicyclic) bond motifs is 1. The van der Waals surface area contributed by atoms with Gasteiger partial charge in [0, 0.05) is 0 Å². The molecule has 5 nitrogen and oxygen atoms in total. The Morgan fingerprint density at radius 3 is 2.83 bits per heavy atom. The molecule has 1 saturated carbocycles. The smallest absolute Gasteiger partial charge is 0.255 e. The summed E-state index contributed by atoms with van der Waals surface area (Å²) in [4.78, 5) is 12.6. The zero-order valence-electron chi connectivity index (χ0n) is 13.3. The van der Waals surface area contributed by atoms with Crippen LogP contribution in [0.3, 0.4) is 0 Å². The lowest BCUT2D eigenvalue weighted by Crippen LogP contribution is -2.37. The van der Waals surface area contributed by atoms with E-state index in [1.165, 1.54) is 19.3 Å². The van der Waals surface area contributed by atoms with Crippen molar-refractivity contribution in [1.29, 1.82) is 0 Å². The fourth-order valence-corrected chi connectivity index (χ4v) is 4.00. The highest BCUT2D eigenvalue weighted by Crippen LogP contribution is 2.40. The van der Waals surface area contributed by atoms with Gasteiger partial charge in [0.15, 0.2) is 11.5 Å². The standard InChI is InChI=1S/C18H23NO4/c20-17(14-5-4-6-15-16(14)22-10-9-21-15)19-13-11-18(23-12-13)7-2-1-3-8-18/h4-6,13H,1-3,7-12H2,(H,19,20)/t13-/m1/s1. The quantitative estimate of drug-likeness (QED) is 0.911. The van der Waals surface area contributed by atoms with Crippen LogP contribution in [-0.2, 0) is 4.74 Å². The third-order valence-corrected chi connectivity index (χ3v) is 5.12. The van der Waals surface area contributed by atoms with Gasteiger partial charge >= 0.3 is 0 Å². The molecule has 2 aliphatic heterocycles. The average Bonchev–Trinajstić information content (AvgIpc) is 2.97. The highest BCUT2D eigenvalue weighted by atomic mass is 16.6. The Labute approximate surface area is 136 Å². The molecular weight excluding hydrogens is 294 g/mol. The van der Waals surface area contributed by atoms with Crippen molar-refractivity contribution in [3.05, 3.63) is 23.8 Å². The van der Waals surface area contributed by atoms with Crippen LogP contribution < -0.4 is 14.8 Å². The van der Waals surface area contributed by atoms with Crippen LogP contribution in [0.25, 0.3) is 0 Å². The summed E-state index contributed by atoms with van der Waals surface area (Å²) >= 11 is 0. The maximum absolute atomic E-state index is 12.6. The second kappa shape index (κ2) is 6.04. The van der Waals surface area contributed by atoms with Crippen LogP contribution in [0.1, 0.15) is 48.9 Å². The monoisotopic (exact) mass is 317 g/mol. The summed E-state index contributed by atoms with van der Waals surface area (Å²) in [5.41, 5.74) is 0.554. The van der Waals surface area contributed by atoms with E-state index >= 15 is 0 Å². The number of nitrogens with one attached hydrogen (secondary N) is 1. The van der Waals surface area contributed by atoms with Crippen molar-refractivity contribution in [2.45, 2.75) is 50.2 Å². The van der Waals surface area contributed by atoms with Gasteiger partial charge in [-0.25, -0.2) is 0 Å². The summed E-state index contributed by atoms with van der Waals surface area (Å²) in [5, 5.41) is 3.12. The molecule has 2 fully saturated rings. The fraction of sp³-hybridized carbons (Fsp3) is 0.611. The lowest BCUT2D eigenvalue weighted by Gasteiger charge is -2.32. The molecule has 1 saturated heterocycles. The van der Waals surface area contributed by atoms with Crippen molar-refractivity contribution in [2.75, 3.05) is 19.8 Å². The van der Waals surface area contributed by atoms with Gasteiger partial charge in [0.1, 0.15) is 13.2 Å². The van der Waals surface area contributed by atoms with Crippen LogP contribution in [0, 0.1) is 0 Å². The van der Waals surface area contributed by atoms with E-state index in [1.807, 2.05) is 12.1 Å². The Morgan fingerprint density at radius 1 is 1.13 bits per heavy atom. The molecule has 5 heteroatoms. The molecule has 2 heterocycles.